The molecule has 3 unspecified atom stereocenters. The van der Waals surface area contributed by atoms with E-state index in [0.717, 1.165) is 30.3 Å². The van der Waals surface area contributed by atoms with Crippen molar-refractivity contribution < 1.29 is 4.74 Å². The van der Waals surface area contributed by atoms with Crippen LogP contribution in [0.2, 0.25) is 0 Å². The van der Waals surface area contributed by atoms with Gasteiger partial charge < -0.3 is 9.64 Å². The number of fused-ring (bicyclic) bond motifs is 1. The van der Waals surface area contributed by atoms with Crippen molar-refractivity contribution in [2.45, 2.75) is 51.2 Å². The molecule has 3 rings (SSSR count). The maximum absolute atomic E-state index is 5.75. The number of rotatable bonds is 7. The summed E-state index contributed by atoms with van der Waals surface area (Å²) in [5, 5.41) is 0. The highest BCUT2D eigenvalue weighted by Crippen LogP contribution is 2.30. The predicted molar refractivity (Wildman–Crippen MR) is 98.9 cm³/mol. The molecule has 2 N–H and O–H groups in total. The average molecular weight is 329 g/mol. The average Bonchev–Trinajstić information content (AvgIpc) is 2.96. The van der Waals surface area contributed by atoms with Crippen molar-refractivity contribution in [3.05, 3.63) is 42.0 Å². The van der Waals surface area contributed by atoms with Crippen LogP contribution in [0.3, 0.4) is 0 Å². The van der Waals surface area contributed by atoms with Crippen LogP contribution >= 0.6 is 0 Å². The van der Waals surface area contributed by atoms with Crippen LogP contribution in [0.5, 0.6) is 5.75 Å². The van der Waals surface area contributed by atoms with Crippen LogP contribution in [0.1, 0.15) is 38.2 Å². The van der Waals surface area contributed by atoms with E-state index in [4.69, 9.17) is 4.74 Å². The molecule has 2 aliphatic rings. The van der Waals surface area contributed by atoms with Crippen molar-refractivity contribution >= 4 is 0 Å². The number of hydrogen-bond donors (Lipinski definition) is 2. The van der Waals surface area contributed by atoms with E-state index in [0.29, 0.717) is 18.7 Å². The van der Waals surface area contributed by atoms with Crippen LogP contribution in [-0.4, -0.2) is 37.2 Å². The lowest BCUT2D eigenvalue weighted by Gasteiger charge is -2.29. The van der Waals surface area contributed by atoms with Crippen LogP contribution in [0, 0.1) is 5.92 Å². The molecule has 1 aromatic rings. The van der Waals surface area contributed by atoms with E-state index in [1.807, 2.05) is 13.0 Å². The molecule has 24 heavy (non-hydrogen) atoms. The Morgan fingerprint density at radius 1 is 1.29 bits per heavy atom. The van der Waals surface area contributed by atoms with E-state index in [9.17, 15) is 0 Å². The van der Waals surface area contributed by atoms with Crippen molar-refractivity contribution in [2.75, 3.05) is 20.2 Å². The largest absolute Gasteiger partial charge is 0.489 e. The standard InChI is InChI=1S/C20H31N3O/c1-15(2)14-24-17-8-6-7-16(11-17)12-23(3)13-20-18-9-4-5-10-19(18)21-22-20/h6-8,11,18-22H,1,4-5,9-10,12-14H2,2-3H3. The Bertz CT molecular complexity index is 560. The number of hydrazine groups is 1. The minimum Gasteiger partial charge on any atom is -0.489 e. The van der Waals surface area contributed by atoms with Crippen molar-refractivity contribution in [2.24, 2.45) is 5.92 Å². The minimum atomic E-state index is 0.558. The predicted octanol–water partition coefficient (Wildman–Crippen LogP) is 3.11. The molecule has 1 aliphatic carbocycles. The van der Waals surface area contributed by atoms with Crippen LogP contribution in [-0.2, 0) is 6.54 Å². The zero-order valence-corrected chi connectivity index (χ0v) is 15.1. The maximum atomic E-state index is 5.75. The summed E-state index contributed by atoms with van der Waals surface area (Å²) < 4.78 is 5.75. The van der Waals surface area contributed by atoms with Crippen LogP contribution in [0.25, 0.3) is 0 Å². The smallest absolute Gasteiger partial charge is 0.120 e. The molecule has 1 aromatic carbocycles. The lowest BCUT2D eigenvalue weighted by Crippen LogP contribution is -2.41. The molecule has 0 bridgehead atoms. The summed E-state index contributed by atoms with van der Waals surface area (Å²) in [5.41, 5.74) is 9.38. The van der Waals surface area contributed by atoms with Gasteiger partial charge in [0.15, 0.2) is 0 Å². The summed E-state index contributed by atoms with van der Waals surface area (Å²) in [7, 11) is 2.21. The molecule has 1 saturated heterocycles. The van der Waals surface area contributed by atoms with Gasteiger partial charge in [0.1, 0.15) is 12.4 Å². The van der Waals surface area contributed by atoms with E-state index in [1.54, 1.807) is 0 Å². The number of ether oxygens (including phenoxy) is 1. The summed E-state index contributed by atoms with van der Waals surface area (Å²) in [6.45, 7) is 8.47. The molecule has 3 atom stereocenters. The number of benzene rings is 1. The van der Waals surface area contributed by atoms with Crippen molar-refractivity contribution in [3.63, 3.8) is 0 Å². The first kappa shape index (κ1) is 17.5. The van der Waals surface area contributed by atoms with Gasteiger partial charge in [-0.05, 0) is 56.0 Å². The monoisotopic (exact) mass is 329 g/mol. The number of nitrogens with zero attached hydrogens (tertiary/aromatic N) is 1. The van der Waals surface area contributed by atoms with Crippen LogP contribution in [0.4, 0.5) is 0 Å². The van der Waals surface area contributed by atoms with Gasteiger partial charge >= 0.3 is 0 Å². The molecule has 1 heterocycles. The van der Waals surface area contributed by atoms with Crippen molar-refractivity contribution in [1.82, 2.24) is 15.8 Å². The van der Waals surface area contributed by atoms with E-state index in [1.165, 1.54) is 31.2 Å². The third kappa shape index (κ3) is 4.59. The van der Waals surface area contributed by atoms with Gasteiger partial charge in [0.25, 0.3) is 0 Å². The Morgan fingerprint density at radius 3 is 2.96 bits per heavy atom. The molecule has 0 aromatic heterocycles. The van der Waals surface area contributed by atoms with Gasteiger partial charge in [-0.25, -0.2) is 0 Å². The zero-order chi connectivity index (χ0) is 16.9. The molecule has 4 nitrogen and oxygen atoms in total. The third-order valence-electron chi connectivity index (χ3n) is 5.13. The number of hydrogen-bond acceptors (Lipinski definition) is 4. The Kier molecular flexibility index (Phi) is 5.93. The van der Waals surface area contributed by atoms with Gasteiger partial charge in [-0.1, -0.05) is 31.6 Å². The molecule has 2 fully saturated rings. The van der Waals surface area contributed by atoms with Gasteiger partial charge in [0.05, 0.1) is 0 Å². The highest BCUT2D eigenvalue weighted by Gasteiger charge is 2.37. The third-order valence-corrected chi connectivity index (χ3v) is 5.13. The fraction of sp³-hybridized carbons (Fsp3) is 0.600. The Balaban J connectivity index is 1.52. The molecule has 4 heteroatoms. The molecule has 0 spiro atoms. The summed E-state index contributed by atoms with van der Waals surface area (Å²) in [4.78, 5) is 2.41. The van der Waals surface area contributed by atoms with Crippen molar-refractivity contribution in [1.29, 1.82) is 0 Å². The highest BCUT2D eigenvalue weighted by molar-refractivity contribution is 5.28. The second-order valence-electron chi connectivity index (χ2n) is 7.54. The molecule has 132 valence electrons. The Morgan fingerprint density at radius 2 is 2.12 bits per heavy atom. The number of nitrogens with one attached hydrogen (secondary N) is 2. The number of likely N-dealkylation sites (N-methyl/N-ethyl adjacent to an activating group) is 1. The molecule has 1 saturated carbocycles. The Labute approximate surface area is 146 Å². The molecular formula is C20H31N3O. The van der Waals surface area contributed by atoms with E-state index < -0.39 is 0 Å². The molecular weight excluding hydrogens is 298 g/mol. The fourth-order valence-electron chi connectivity index (χ4n) is 3.97. The van der Waals surface area contributed by atoms with Crippen LogP contribution in [0.15, 0.2) is 36.4 Å². The summed E-state index contributed by atoms with van der Waals surface area (Å²) >= 11 is 0. The van der Waals surface area contributed by atoms with Gasteiger partial charge in [0.2, 0.25) is 0 Å². The van der Waals surface area contributed by atoms with Crippen molar-refractivity contribution in [3.8, 4) is 5.75 Å². The van der Waals surface area contributed by atoms with Gasteiger partial charge in [-0.2, -0.15) is 0 Å². The van der Waals surface area contributed by atoms with Crippen LogP contribution < -0.4 is 15.6 Å². The zero-order valence-electron chi connectivity index (χ0n) is 15.1. The SMILES string of the molecule is C=C(C)COc1cccc(CN(C)CC2NNC3CCCCC32)c1. The first-order valence-corrected chi connectivity index (χ1v) is 9.17. The van der Waals surface area contributed by atoms with E-state index >= 15 is 0 Å². The minimum absolute atomic E-state index is 0.558. The molecule has 0 amide bonds. The van der Waals surface area contributed by atoms with E-state index in [2.05, 4.69) is 47.6 Å². The topological polar surface area (TPSA) is 36.5 Å². The normalized spacial score (nSPS) is 26.4. The van der Waals surface area contributed by atoms with E-state index in [-0.39, 0.29) is 0 Å². The second-order valence-corrected chi connectivity index (χ2v) is 7.54. The second kappa shape index (κ2) is 8.15. The molecule has 0 radical (unpaired) electrons. The van der Waals surface area contributed by atoms with Gasteiger partial charge in [-0.3, -0.25) is 10.9 Å². The lowest BCUT2D eigenvalue weighted by atomic mass is 9.81. The maximum Gasteiger partial charge on any atom is 0.120 e. The first-order valence-electron chi connectivity index (χ1n) is 9.17. The van der Waals surface area contributed by atoms with Gasteiger partial charge in [-0.15, -0.1) is 0 Å². The molecule has 1 aliphatic heterocycles. The lowest BCUT2D eigenvalue weighted by molar-refractivity contribution is 0.237. The quantitative estimate of drug-likeness (QED) is 0.754. The Hall–Kier alpha value is -1.36. The van der Waals surface area contributed by atoms with Gasteiger partial charge in [0, 0.05) is 25.2 Å². The first-order chi connectivity index (χ1) is 11.6. The highest BCUT2D eigenvalue weighted by atomic mass is 16.5. The summed E-state index contributed by atoms with van der Waals surface area (Å²) in [6, 6.07) is 9.64. The fourth-order valence-corrected chi connectivity index (χ4v) is 3.97. The summed E-state index contributed by atoms with van der Waals surface area (Å²) in [6.07, 6.45) is 5.43. The summed E-state index contributed by atoms with van der Waals surface area (Å²) in [5.74, 6) is 1.71.